The Bertz CT molecular complexity index is 430. The van der Waals surface area contributed by atoms with Gasteiger partial charge in [-0.3, -0.25) is 9.59 Å². The molecule has 5 N–H and O–H groups in total. The molecule has 0 spiro atoms. The third-order valence-corrected chi connectivity index (χ3v) is 2.26. The zero-order valence-electron chi connectivity index (χ0n) is 11.1. The standard InChI is InChI=1S/C12H19N5O2/c1-8(13)12(19)17-11-4-3-10(7-16-11)15-6-5-14-9(2)18/h3-4,7-8,15H,5-6,13H2,1-2H3,(H,14,18)(H,16,17,19). The first kappa shape index (κ1) is 14.9. The van der Waals surface area contributed by atoms with Crippen molar-refractivity contribution in [2.24, 2.45) is 5.73 Å². The zero-order chi connectivity index (χ0) is 14.3. The highest BCUT2D eigenvalue weighted by atomic mass is 16.2. The minimum absolute atomic E-state index is 0.0612. The number of pyridine rings is 1. The predicted octanol–water partition coefficient (Wildman–Crippen LogP) is -0.0847. The van der Waals surface area contributed by atoms with Crippen molar-refractivity contribution < 1.29 is 9.59 Å². The summed E-state index contributed by atoms with van der Waals surface area (Å²) >= 11 is 0. The summed E-state index contributed by atoms with van der Waals surface area (Å²) in [6, 6.07) is 2.90. The van der Waals surface area contributed by atoms with Gasteiger partial charge in [0.2, 0.25) is 11.8 Å². The number of carbonyl (C=O) groups is 2. The molecular formula is C12H19N5O2. The normalized spacial score (nSPS) is 11.5. The molecule has 7 heteroatoms. The van der Waals surface area contributed by atoms with E-state index < -0.39 is 6.04 Å². The number of aromatic nitrogens is 1. The summed E-state index contributed by atoms with van der Waals surface area (Å²) in [6.45, 7) is 4.22. The number of rotatable bonds is 6. The Hall–Kier alpha value is -2.15. The van der Waals surface area contributed by atoms with Crippen molar-refractivity contribution in [1.29, 1.82) is 0 Å². The lowest BCUT2D eigenvalue weighted by atomic mass is 10.3. The molecule has 1 unspecified atom stereocenters. The van der Waals surface area contributed by atoms with Crippen LogP contribution in [0.3, 0.4) is 0 Å². The highest BCUT2D eigenvalue weighted by Gasteiger charge is 2.07. The van der Waals surface area contributed by atoms with Crippen LogP contribution >= 0.6 is 0 Å². The van der Waals surface area contributed by atoms with Crippen LogP contribution in [-0.4, -0.2) is 35.9 Å². The quantitative estimate of drug-likeness (QED) is 0.538. The molecule has 7 nitrogen and oxygen atoms in total. The van der Waals surface area contributed by atoms with Gasteiger partial charge in [0, 0.05) is 20.0 Å². The highest BCUT2D eigenvalue weighted by Crippen LogP contribution is 2.09. The monoisotopic (exact) mass is 265 g/mol. The molecule has 0 radical (unpaired) electrons. The van der Waals surface area contributed by atoms with Crippen molar-refractivity contribution in [3.05, 3.63) is 18.3 Å². The molecule has 0 saturated carbocycles. The van der Waals surface area contributed by atoms with Gasteiger partial charge < -0.3 is 21.7 Å². The van der Waals surface area contributed by atoms with Gasteiger partial charge >= 0.3 is 0 Å². The third-order valence-electron chi connectivity index (χ3n) is 2.26. The molecule has 0 aliphatic rings. The first-order chi connectivity index (χ1) is 8.99. The van der Waals surface area contributed by atoms with E-state index >= 15 is 0 Å². The first-order valence-electron chi connectivity index (χ1n) is 6.00. The molecule has 0 bridgehead atoms. The van der Waals surface area contributed by atoms with Crippen LogP contribution in [-0.2, 0) is 9.59 Å². The van der Waals surface area contributed by atoms with Gasteiger partial charge in [-0.25, -0.2) is 4.98 Å². The Morgan fingerprint density at radius 2 is 2.11 bits per heavy atom. The molecule has 2 amide bonds. The number of nitrogens with one attached hydrogen (secondary N) is 3. The van der Waals surface area contributed by atoms with Gasteiger partial charge in [-0.1, -0.05) is 0 Å². The van der Waals surface area contributed by atoms with E-state index in [0.717, 1.165) is 5.69 Å². The zero-order valence-corrected chi connectivity index (χ0v) is 11.1. The van der Waals surface area contributed by atoms with Crippen molar-refractivity contribution in [2.75, 3.05) is 23.7 Å². The fourth-order valence-electron chi connectivity index (χ4n) is 1.26. The topological polar surface area (TPSA) is 109 Å². The maximum atomic E-state index is 11.3. The van der Waals surface area contributed by atoms with Gasteiger partial charge in [0.05, 0.1) is 17.9 Å². The van der Waals surface area contributed by atoms with Crippen molar-refractivity contribution in [3.63, 3.8) is 0 Å². The van der Waals surface area contributed by atoms with Crippen LogP contribution in [0.4, 0.5) is 11.5 Å². The lowest BCUT2D eigenvalue weighted by Crippen LogP contribution is -2.32. The molecule has 1 rings (SSSR count). The van der Waals surface area contributed by atoms with Gasteiger partial charge in [0.1, 0.15) is 5.82 Å². The van der Waals surface area contributed by atoms with E-state index in [2.05, 4.69) is 20.9 Å². The largest absolute Gasteiger partial charge is 0.382 e. The van der Waals surface area contributed by atoms with E-state index in [1.165, 1.54) is 6.92 Å². The summed E-state index contributed by atoms with van der Waals surface area (Å²) in [6.07, 6.45) is 1.60. The molecule has 1 atom stereocenters. The number of anilines is 2. The SMILES string of the molecule is CC(=O)NCCNc1ccc(NC(=O)C(C)N)nc1. The number of nitrogens with two attached hydrogens (primary N) is 1. The van der Waals surface area contributed by atoms with Crippen molar-refractivity contribution in [1.82, 2.24) is 10.3 Å². The predicted molar refractivity (Wildman–Crippen MR) is 73.7 cm³/mol. The third kappa shape index (κ3) is 5.82. The molecule has 0 fully saturated rings. The Labute approximate surface area is 112 Å². The van der Waals surface area contributed by atoms with Crippen LogP contribution < -0.4 is 21.7 Å². The molecule has 1 heterocycles. The average molecular weight is 265 g/mol. The van der Waals surface area contributed by atoms with E-state index in [0.29, 0.717) is 18.9 Å². The molecule has 0 saturated heterocycles. The van der Waals surface area contributed by atoms with E-state index in [-0.39, 0.29) is 11.8 Å². The number of hydrogen-bond acceptors (Lipinski definition) is 5. The summed E-state index contributed by atoms with van der Waals surface area (Å²) in [5.74, 6) is 0.113. The van der Waals surface area contributed by atoms with Crippen LogP contribution in [0.15, 0.2) is 18.3 Å². The van der Waals surface area contributed by atoms with Crippen LogP contribution in [0.1, 0.15) is 13.8 Å². The maximum absolute atomic E-state index is 11.3. The molecule has 1 aromatic heterocycles. The minimum atomic E-state index is -0.572. The minimum Gasteiger partial charge on any atom is -0.382 e. The van der Waals surface area contributed by atoms with Gasteiger partial charge in [-0.2, -0.15) is 0 Å². The average Bonchev–Trinajstić information content (AvgIpc) is 2.36. The van der Waals surface area contributed by atoms with Crippen LogP contribution in [0.2, 0.25) is 0 Å². The van der Waals surface area contributed by atoms with Crippen LogP contribution in [0, 0.1) is 0 Å². The van der Waals surface area contributed by atoms with E-state index in [4.69, 9.17) is 5.73 Å². The molecular weight excluding hydrogens is 246 g/mol. The number of amides is 2. The summed E-state index contributed by atoms with van der Waals surface area (Å²) in [4.78, 5) is 26.1. The smallest absolute Gasteiger partial charge is 0.242 e. The van der Waals surface area contributed by atoms with Crippen LogP contribution in [0.5, 0.6) is 0 Å². The first-order valence-corrected chi connectivity index (χ1v) is 6.00. The summed E-state index contributed by atoms with van der Waals surface area (Å²) in [7, 11) is 0. The van der Waals surface area contributed by atoms with Gasteiger partial charge in [-0.15, -0.1) is 0 Å². The number of nitrogens with zero attached hydrogens (tertiary/aromatic N) is 1. The molecule has 19 heavy (non-hydrogen) atoms. The Morgan fingerprint density at radius 3 is 2.63 bits per heavy atom. The summed E-state index contributed by atoms with van der Waals surface area (Å²) < 4.78 is 0. The second-order valence-corrected chi connectivity index (χ2v) is 4.12. The summed E-state index contributed by atoms with van der Waals surface area (Å²) in [5, 5.41) is 8.35. The van der Waals surface area contributed by atoms with E-state index in [1.54, 1.807) is 25.3 Å². The van der Waals surface area contributed by atoms with Crippen molar-refractivity contribution >= 4 is 23.3 Å². The van der Waals surface area contributed by atoms with Crippen molar-refractivity contribution in [3.8, 4) is 0 Å². The lowest BCUT2D eigenvalue weighted by Gasteiger charge is -2.09. The van der Waals surface area contributed by atoms with E-state index in [1.807, 2.05) is 0 Å². The van der Waals surface area contributed by atoms with E-state index in [9.17, 15) is 9.59 Å². The fraction of sp³-hybridized carbons (Fsp3) is 0.417. The maximum Gasteiger partial charge on any atom is 0.242 e. The second kappa shape index (κ2) is 7.32. The number of carbonyl (C=O) groups excluding carboxylic acids is 2. The van der Waals surface area contributed by atoms with Gasteiger partial charge in [0.15, 0.2) is 0 Å². The molecule has 0 aromatic carbocycles. The van der Waals surface area contributed by atoms with Crippen LogP contribution in [0.25, 0.3) is 0 Å². The summed E-state index contributed by atoms with van der Waals surface area (Å²) in [5.41, 5.74) is 6.24. The Morgan fingerprint density at radius 1 is 1.37 bits per heavy atom. The second-order valence-electron chi connectivity index (χ2n) is 4.12. The fourth-order valence-corrected chi connectivity index (χ4v) is 1.26. The Kier molecular flexibility index (Phi) is 5.74. The molecule has 0 aliphatic carbocycles. The molecule has 104 valence electrons. The van der Waals surface area contributed by atoms with Gasteiger partial charge in [0.25, 0.3) is 0 Å². The van der Waals surface area contributed by atoms with Crippen molar-refractivity contribution in [2.45, 2.75) is 19.9 Å². The Balaban J connectivity index is 2.39. The van der Waals surface area contributed by atoms with Gasteiger partial charge in [-0.05, 0) is 19.1 Å². The highest BCUT2D eigenvalue weighted by molar-refractivity contribution is 5.93. The number of hydrogen-bond donors (Lipinski definition) is 4. The molecule has 0 aliphatic heterocycles. The molecule has 1 aromatic rings. The lowest BCUT2D eigenvalue weighted by molar-refractivity contribution is -0.119.